The van der Waals surface area contributed by atoms with Gasteiger partial charge in [0.1, 0.15) is 6.54 Å². The van der Waals surface area contributed by atoms with Gasteiger partial charge in [-0.25, -0.2) is 0 Å². The van der Waals surface area contributed by atoms with E-state index in [4.69, 9.17) is 0 Å². The minimum absolute atomic E-state index is 0.225. The molecule has 1 aromatic rings. The van der Waals surface area contributed by atoms with Crippen LogP contribution in [0.4, 0.5) is 0 Å². The van der Waals surface area contributed by atoms with Crippen molar-refractivity contribution >= 4 is 5.97 Å². The highest BCUT2D eigenvalue weighted by Gasteiger charge is 2.02. The predicted molar refractivity (Wildman–Crippen MR) is 63.0 cm³/mol. The Bertz CT molecular complexity index is 332. The summed E-state index contributed by atoms with van der Waals surface area (Å²) >= 11 is 0. The van der Waals surface area contributed by atoms with Gasteiger partial charge >= 0.3 is 5.97 Å². The summed E-state index contributed by atoms with van der Waals surface area (Å²) in [5.41, 5.74) is 1.18. The van der Waals surface area contributed by atoms with E-state index in [-0.39, 0.29) is 12.5 Å². The van der Waals surface area contributed by atoms with Gasteiger partial charge in [-0.15, -0.1) is 0 Å². The number of nitrogens with zero attached hydrogens (tertiary/aromatic N) is 1. The summed E-state index contributed by atoms with van der Waals surface area (Å²) in [7, 11) is 1.40. The molecule has 1 heterocycles. The summed E-state index contributed by atoms with van der Waals surface area (Å²) in [6.45, 7) is 6.47. The van der Waals surface area contributed by atoms with E-state index < -0.39 is 0 Å². The second kappa shape index (κ2) is 6.33. The fourth-order valence-corrected chi connectivity index (χ4v) is 1.41. The fourth-order valence-electron chi connectivity index (χ4n) is 1.41. The van der Waals surface area contributed by atoms with E-state index in [1.165, 1.54) is 12.7 Å². The van der Waals surface area contributed by atoms with Gasteiger partial charge in [-0.1, -0.05) is 13.8 Å². The number of esters is 1. The first-order valence-corrected chi connectivity index (χ1v) is 5.54. The standard InChI is InChI=1S/C12H20N2O2/c1-10(2)6-13-7-11-4-5-14(8-11)9-12(15)16-3/h4-5,8,10,13H,6-7,9H2,1-3H3. The van der Waals surface area contributed by atoms with Crippen molar-refractivity contribution in [3.05, 3.63) is 24.0 Å². The van der Waals surface area contributed by atoms with Crippen LogP contribution >= 0.6 is 0 Å². The van der Waals surface area contributed by atoms with Gasteiger partial charge in [0.25, 0.3) is 0 Å². The molecule has 0 spiro atoms. The average Bonchev–Trinajstić information content (AvgIpc) is 2.65. The van der Waals surface area contributed by atoms with E-state index in [1.807, 2.05) is 23.0 Å². The number of hydrogen-bond acceptors (Lipinski definition) is 3. The summed E-state index contributed by atoms with van der Waals surface area (Å²) in [6.07, 6.45) is 3.85. The van der Waals surface area contributed by atoms with Gasteiger partial charge in [0.15, 0.2) is 0 Å². The van der Waals surface area contributed by atoms with Crippen LogP contribution in [-0.4, -0.2) is 24.2 Å². The zero-order valence-corrected chi connectivity index (χ0v) is 10.2. The van der Waals surface area contributed by atoms with Crippen LogP contribution in [0.2, 0.25) is 0 Å². The van der Waals surface area contributed by atoms with Crippen molar-refractivity contribution in [1.29, 1.82) is 0 Å². The number of nitrogens with one attached hydrogen (secondary N) is 1. The molecule has 4 heteroatoms. The molecule has 0 amide bonds. The Labute approximate surface area is 96.6 Å². The monoisotopic (exact) mass is 224 g/mol. The van der Waals surface area contributed by atoms with E-state index in [9.17, 15) is 4.79 Å². The van der Waals surface area contributed by atoms with E-state index in [0.717, 1.165) is 13.1 Å². The Morgan fingerprint density at radius 3 is 2.94 bits per heavy atom. The Hall–Kier alpha value is -1.29. The van der Waals surface area contributed by atoms with Crippen molar-refractivity contribution in [2.24, 2.45) is 5.92 Å². The summed E-state index contributed by atoms with van der Waals surface area (Å²) in [4.78, 5) is 11.0. The van der Waals surface area contributed by atoms with Crippen LogP contribution in [0.1, 0.15) is 19.4 Å². The summed E-state index contributed by atoms with van der Waals surface area (Å²) in [6, 6.07) is 2.01. The van der Waals surface area contributed by atoms with Crippen molar-refractivity contribution in [1.82, 2.24) is 9.88 Å². The topological polar surface area (TPSA) is 43.3 Å². The SMILES string of the molecule is COC(=O)Cn1ccc(CNCC(C)C)c1. The van der Waals surface area contributed by atoms with Gasteiger partial charge in [0.2, 0.25) is 0 Å². The Balaban J connectivity index is 2.36. The first kappa shape index (κ1) is 12.8. The molecule has 0 fully saturated rings. The molecule has 0 aliphatic carbocycles. The maximum absolute atomic E-state index is 11.0. The molecule has 0 saturated heterocycles. The molecule has 1 aromatic heterocycles. The highest BCUT2D eigenvalue weighted by atomic mass is 16.5. The molecule has 0 aliphatic rings. The van der Waals surface area contributed by atoms with Crippen LogP contribution in [0, 0.1) is 5.92 Å². The van der Waals surface area contributed by atoms with E-state index in [0.29, 0.717) is 5.92 Å². The maximum atomic E-state index is 11.0. The second-order valence-electron chi connectivity index (χ2n) is 4.29. The molecule has 0 saturated carbocycles. The zero-order chi connectivity index (χ0) is 12.0. The van der Waals surface area contributed by atoms with Crippen molar-refractivity contribution in [3.8, 4) is 0 Å². The lowest BCUT2D eigenvalue weighted by molar-refractivity contribution is -0.141. The molecule has 0 atom stereocenters. The minimum atomic E-state index is -0.225. The van der Waals surface area contributed by atoms with Crippen LogP contribution in [0.25, 0.3) is 0 Å². The van der Waals surface area contributed by atoms with Crippen LogP contribution in [0.5, 0.6) is 0 Å². The van der Waals surface area contributed by atoms with Gasteiger partial charge < -0.3 is 14.6 Å². The summed E-state index contributed by atoms with van der Waals surface area (Å²) < 4.78 is 6.43. The molecular weight excluding hydrogens is 204 g/mol. The molecule has 0 bridgehead atoms. The summed E-state index contributed by atoms with van der Waals surface area (Å²) in [5.74, 6) is 0.425. The molecule has 90 valence electrons. The smallest absolute Gasteiger partial charge is 0.325 e. The molecule has 16 heavy (non-hydrogen) atoms. The highest BCUT2D eigenvalue weighted by Crippen LogP contribution is 2.01. The van der Waals surface area contributed by atoms with Crippen molar-refractivity contribution in [2.45, 2.75) is 26.9 Å². The Kier molecular flexibility index (Phi) is 5.05. The van der Waals surface area contributed by atoms with Gasteiger partial charge in [-0.05, 0) is 24.1 Å². The molecule has 1 rings (SSSR count). The second-order valence-corrected chi connectivity index (χ2v) is 4.29. The van der Waals surface area contributed by atoms with Crippen LogP contribution in [0.3, 0.4) is 0 Å². The first-order chi connectivity index (χ1) is 7.61. The van der Waals surface area contributed by atoms with Crippen molar-refractivity contribution < 1.29 is 9.53 Å². The minimum Gasteiger partial charge on any atom is -0.468 e. The molecular formula is C12H20N2O2. The molecule has 0 unspecified atom stereocenters. The van der Waals surface area contributed by atoms with Gasteiger partial charge in [-0.2, -0.15) is 0 Å². The zero-order valence-electron chi connectivity index (χ0n) is 10.2. The number of ether oxygens (including phenoxy) is 1. The fraction of sp³-hybridized carbons (Fsp3) is 0.583. The number of carbonyl (C=O) groups is 1. The van der Waals surface area contributed by atoms with Gasteiger partial charge in [-0.3, -0.25) is 4.79 Å². The van der Waals surface area contributed by atoms with Crippen molar-refractivity contribution in [2.75, 3.05) is 13.7 Å². The number of hydrogen-bond donors (Lipinski definition) is 1. The van der Waals surface area contributed by atoms with Gasteiger partial charge in [0.05, 0.1) is 7.11 Å². The molecule has 1 N–H and O–H groups in total. The maximum Gasteiger partial charge on any atom is 0.325 e. The number of methoxy groups -OCH3 is 1. The lowest BCUT2D eigenvalue weighted by Crippen LogP contribution is -2.18. The average molecular weight is 224 g/mol. The number of aromatic nitrogens is 1. The quantitative estimate of drug-likeness (QED) is 0.743. The number of rotatable bonds is 6. The molecule has 4 nitrogen and oxygen atoms in total. The van der Waals surface area contributed by atoms with Gasteiger partial charge in [0, 0.05) is 18.9 Å². The predicted octanol–water partition coefficient (Wildman–Crippen LogP) is 1.41. The Morgan fingerprint density at radius 2 is 2.31 bits per heavy atom. The lowest BCUT2D eigenvalue weighted by atomic mass is 10.2. The normalized spacial score (nSPS) is 10.8. The molecule has 0 aliphatic heterocycles. The highest BCUT2D eigenvalue weighted by molar-refractivity contribution is 5.68. The van der Waals surface area contributed by atoms with Crippen LogP contribution in [0.15, 0.2) is 18.5 Å². The first-order valence-electron chi connectivity index (χ1n) is 5.54. The third-order valence-corrected chi connectivity index (χ3v) is 2.23. The lowest BCUT2D eigenvalue weighted by Gasteiger charge is -2.05. The van der Waals surface area contributed by atoms with Crippen LogP contribution < -0.4 is 5.32 Å². The molecule has 0 aromatic carbocycles. The van der Waals surface area contributed by atoms with E-state index in [2.05, 4.69) is 23.9 Å². The number of carbonyl (C=O) groups excluding carboxylic acids is 1. The van der Waals surface area contributed by atoms with Crippen LogP contribution in [-0.2, 0) is 22.6 Å². The Morgan fingerprint density at radius 1 is 1.56 bits per heavy atom. The largest absolute Gasteiger partial charge is 0.468 e. The third-order valence-electron chi connectivity index (χ3n) is 2.23. The molecule has 0 radical (unpaired) electrons. The van der Waals surface area contributed by atoms with Crippen molar-refractivity contribution in [3.63, 3.8) is 0 Å². The summed E-state index contributed by atoms with van der Waals surface area (Å²) in [5, 5.41) is 3.35. The van der Waals surface area contributed by atoms with E-state index in [1.54, 1.807) is 0 Å². The van der Waals surface area contributed by atoms with E-state index >= 15 is 0 Å². The third kappa shape index (κ3) is 4.49.